The summed E-state index contributed by atoms with van der Waals surface area (Å²) >= 11 is 0. The predicted molar refractivity (Wildman–Crippen MR) is 143 cm³/mol. The molecule has 0 fully saturated rings. The van der Waals surface area contributed by atoms with E-state index in [-0.39, 0.29) is 0 Å². The Morgan fingerprint density at radius 1 is 0.714 bits per heavy atom. The monoisotopic (exact) mass is 462 g/mol. The van der Waals surface area contributed by atoms with E-state index in [0.717, 1.165) is 62.3 Å². The van der Waals surface area contributed by atoms with Crippen molar-refractivity contribution >= 4 is 11.0 Å². The molecule has 0 aliphatic carbocycles. The summed E-state index contributed by atoms with van der Waals surface area (Å²) in [6.45, 7) is 3.50. The molecule has 0 saturated heterocycles. The Hall–Kier alpha value is -3.86. The number of aryl methyl sites for hydroxylation is 1. The number of para-hydroxylation sites is 1. The molecule has 0 aliphatic rings. The van der Waals surface area contributed by atoms with E-state index in [1.54, 1.807) is 0 Å². The van der Waals surface area contributed by atoms with E-state index in [9.17, 15) is 0 Å². The van der Waals surface area contributed by atoms with E-state index in [2.05, 4.69) is 67.6 Å². The molecule has 35 heavy (non-hydrogen) atoms. The minimum Gasteiger partial charge on any atom is -0.485 e. The maximum atomic E-state index is 6.38. The van der Waals surface area contributed by atoms with E-state index >= 15 is 0 Å². The Kier molecular flexibility index (Phi) is 6.66. The third-order valence-corrected chi connectivity index (χ3v) is 6.36. The van der Waals surface area contributed by atoms with Crippen molar-refractivity contribution in [3.8, 4) is 28.0 Å². The number of benzene rings is 4. The van der Waals surface area contributed by atoms with E-state index in [0.29, 0.717) is 19.7 Å². The van der Waals surface area contributed by atoms with E-state index in [1.807, 2.05) is 30.3 Å². The van der Waals surface area contributed by atoms with Gasteiger partial charge in [0.15, 0.2) is 0 Å². The molecule has 0 atom stereocenters. The predicted octanol–water partition coefficient (Wildman–Crippen LogP) is 6.83. The maximum Gasteiger partial charge on any atom is 0.146 e. The van der Waals surface area contributed by atoms with Crippen LogP contribution in [-0.4, -0.2) is 0 Å². The van der Waals surface area contributed by atoms with Gasteiger partial charge in [-0.2, -0.15) is 0 Å². The van der Waals surface area contributed by atoms with Crippen molar-refractivity contribution in [2.75, 3.05) is 0 Å². The molecule has 0 aliphatic heterocycles. The van der Waals surface area contributed by atoms with Crippen LogP contribution in [0.3, 0.4) is 0 Å². The highest BCUT2D eigenvalue weighted by Gasteiger charge is 2.15. The van der Waals surface area contributed by atoms with Gasteiger partial charge in [-0.05, 0) is 76.2 Å². The van der Waals surface area contributed by atoms with Crippen molar-refractivity contribution in [1.82, 2.24) is 0 Å². The Morgan fingerprint density at radius 3 is 2.17 bits per heavy atom. The van der Waals surface area contributed by atoms with E-state index < -0.39 is 0 Å². The molecule has 0 bridgehead atoms. The maximum absolute atomic E-state index is 6.38. The van der Waals surface area contributed by atoms with Gasteiger partial charge in [0.1, 0.15) is 23.7 Å². The molecule has 176 valence electrons. The molecule has 5 rings (SSSR count). The Labute approximate surface area is 206 Å². The molecular formula is C31H30N2O2. The highest BCUT2D eigenvalue weighted by atomic mass is 16.5. The van der Waals surface area contributed by atoms with Gasteiger partial charge in [0.2, 0.25) is 0 Å². The van der Waals surface area contributed by atoms with Crippen molar-refractivity contribution in [2.24, 2.45) is 11.5 Å². The van der Waals surface area contributed by atoms with Crippen LogP contribution in [0.1, 0.15) is 29.4 Å². The molecule has 0 radical (unpaired) electrons. The number of hydrogen-bond donors (Lipinski definition) is 2. The van der Waals surface area contributed by atoms with Gasteiger partial charge >= 0.3 is 0 Å². The van der Waals surface area contributed by atoms with Crippen molar-refractivity contribution in [3.05, 3.63) is 113 Å². The molecule has 4 aromatic carbocycles. The first kappa shape index (κ1) is 22.9. The van der Waals surface area contributed by atoms with Crippen LogP contribution in [0.25, 0.3) is 33.2 Å². The molecule has 1 heterocycles. The second-order valence-corrected chi connectivity index (χ2v) is 8.71. The zero-order valence-corrected chi connectivity index (χ0v) is 20.0. The average molecular weight is 463 g/mol. The average Bonchev–Trinajstić information content (AvgIpc) is 3.34. The van der Waals surface area contributed by atoms with Gasteiger partial charge in [-0.25, -0.2) is 0 Å². The van der Waals surface area contributed by atoms with Crippen LogP contribution < -0.4 is 16.2 Å². The first-order valence-corrected chi connectivity index (χ1v) is 12.0. The summed E-state index contributed by atoms with van der Waals surface area (Å²) < 4.78 is 12.5. The van der Waals surface area contributed by atoms with Gasteiger partial charge in [0.25, 0.3) is 0 Å². The van der Waals surface area contributed by atoms with Crippen LogP contribution in [0.4, 0.5) is 0 Å². The highest BCUT2D eigenvalue weighted by molar-refractivity contribution is 5.97. The molecule has 0 amide bonds. The number of furan rings is 1. The minimum atomic E-state index is 0.367. The highest BCUT2D eigenvalue weighted by Crippen LogP contribution is 2.37. The Morgan fingerprint density at radius 2 is 1.43 bits per heavy atom. The largest absolute Gasteiger partial charge is 0.485 e. The van der Waals surface area contributed by atoms with Crippen molar-refractivity contribution in [3.63, 3.8) is 0 Å². The number of hydrogen-bond acceptors (Lipinski definition) is 4. The summed E-state index contributed by atoms with van der Waals surface area (Å²) in [7, 11) is 0. The molecule has 5 aromatic rings. The van der Waals surface area contributed by atoms with Crippen LogP contribution in [0.5, 0.6) is 5.75 Å². The Balaban J connectivity index is 1.59. The van der Waals surface area contributed by atoms with Crippen molar-refractivity contribution in [2.45, 2.75) is 33.0 Å². The SMILES string of the molecule is CCc1ccccc1OCc1cc2cc(-c3cccc(CN)c3)cc(-c3cccc(CN)c3)c2o1. The fraction of sp³-hybridized carbons (Fsp3) is 0.161. The number of nitrogens with two attached hydrogens (primary N) is 2. The summed E-state index contributed by atoms with van der Waals surface area (Å²) in [4.78, 5) is 0. The van der Waals surface area contributed by atoms with Gasteiger partial charge in [0, 0.05) is 24.0 Å². The van der Waals surface area contributed by atoms with Gasteiger partial charge in [-0.1, -0.05) is 61.5 Å². The second kappa shape index (κ2) is 10.2. The zero-order chi connectivity index (χ0) is 24.2. The summed E-state index contributed by atoms with van der Waals surface area (Å²) in [6.07, 6.45) is 0.920. The molecule has 0 spiro atoms. The second-order valence-electron chi connectivity index (χ2n) is 8.71. The standard InChI is InChI=1S/C31H30N2O2/c1-2-23-9-3-4-12-30(23)34-20-28-16-27-15-26(24-10-5-7-21(13-24)18-32)17-29(31(27)35-28)25-11-6-8-22(14-25)19-33/h3-17H,2,18-20,32-33H2,1H3. The topological polar surface area (TPSA) is 74.4 Å². The van der Waals surface area contributed by atoms with Gasteiger partial charge in [-0.15, -0.1) is 0 Å². The number of fused-ring (bicyclic) bond motifs is 1. The molecule has 4 N–H and O–H groups in total. The number of rotatable bonds is 8. The van der Waals surface area contributed by atoms with Gasteiger partial charge in [-0.3, -0.25) is 0 Å². The third kappa shape index (κ3) is 4.85. The fourth-order valence-electron chi connectivity index (χ4n) is 4.49. The summed E-state index contributed by atoms with van der Waals surface area (Å²) in [5.41, 5.74) is 20.4. The quantitative estimate of drug-likeness (QED) is 0.265. The van der Waals surface area contributed by atoms with Gasteiger partial charge in [0.05, 0.1) is 0 Å². The lowest BCUT2D eigenvalue weighted by molar-refractivity contribution is 0.272. The third-order valence-electron chi connectivity index (χ3n) is 6.36. The summed E-state index contributed by atoms with van der Waals surface area (Å²) in [5, 5.41) is 1.04. The lowest BCUT2D eigenvalue weighted by atomic mass is 9.95. The zero-order valence-electron chi connectivity index (χ0n) is 20.0. The van der Waals surface area contributed by atoms with E-state index in [1.165, 1.54) is 5.56 Å². The molecule has 0 saturated carbocycles. The van der Waals surface area contributed by atoms with Crippen molar-refractivity contribution in [1.29, 1.82) is 0 Å². The lowest BCUT2D eigenvalue weighted by Crippen LogP contribution is -1.96. The smallest absolute Gasteiger partial charge is 0.146 e. The Bertz CT molecular complexity index is 1470. The van der Waals surface area contributed by atoms with E-state index in [4.69, 9.17) is 20.6 Å². The van der Waals surface area contributed by atoms with Crippen LogP contribution >= 0.6 is 0 Å². The summed E-state index contributed by atoms with van der Waals surface area (Å²) in [5.74, 6) is 1.68. The molecular weight excluding hydrogens is 432 g/mol. The fourth-order valence-corrected chi connectivity index (χ4v) is 4.49. The molecule has 0 unspecified atom stereocenters. The number of ether oxygens (including phenoxy) is 1. The lowest BCUT2D eigenvalue weighted by Gasteiger charge is -2.10. The first-order chi connectivity index (χ1) is 17.2. The molecule has 1 aromatic heterocycles. The van der Waals surface area contributed by atoms with Gasteiger partial charge < -0.3 is 20.6 Å². The van der Waals surface area contributed by atoms with Crippen LogP contribution in [0.15, 0.2) is 95.4 Å². The normalized spacial score (nSPS) is 11.2. The first-order valence-electron chi connectivity index (χ1n) is 12.0. The van der Waals surface area contributed by atoms with Crippen LogP contribution in [-0.2, 0) is 26.1 Å². The minimum absolute atomic E-state index is 0.367. The molecule has 4 heteroatoms. The van der Waals surface area contributed by atoms with Crippen LogP contribution in [0.2, 0.25) is 0 Å². The van der Waals surface area contributed by atoms with Crippen LogP contribution in [0, 0.1) is 0 Å². The molecule has 4 nitrogen and oxygen atoms in total. The summed E-state index contributed by atoms with van der Waals surface area (Å²) in [6, 6.07) is 31.3. The van der Waals surface area contributed by atoms with Crippen molar-refractivity contribution < 1.29 is 9.15 Å².